The van der Waals surface area contributed by atoms with Gasteiger partial charge in [-0.15, -0.1) is 24.8 Å². The summed E-state index contributed by atoms with van der Waals surface area (Å²) < 4.78 is 5.61. The van der Waals surface area contributed by atoms with Crippen LogP contribution in [0.1, 0.15) is 19.3 Å². The second kappa shape index (κ2) is 10.5. The molecule has 136 valence electrons. The van der Waals surface area contributed by atoms with Crippen LogP contribution < -0.4 is 15.4 Å². The molecule has 1 fully saturated rings. The number of benzene rings is 1. The van der Waals surface area contributed by atoms with Crippen molar-refractivity contribution < 1.29 is 9.53 Å². The Balaban J connectivity index is 0.00000156. The Morgan fingerprint density at radius 1 is 1.24 bits per heavy atom. The first-order chi connectivity index (χ1) is 11.2. The monoisotopic (exact) mass is 403 g/mol. The molecule has 5 nitrogen and oxygen atoms in total. The van der Waals surface area contributed by atoms with Crippen LogP contribution in [0.25, 0.3) is 0 Å². The zero-order chi connectivity index (χ0) is 16.1. The van der Waals surface area contributed by atoms with Crippen LogP contribution in [0.2, 0.25) is 5.02 Å². The van der Waals surface area contributed by atoms with Crippen LogP contribution in [0.5, 0.6) is 11.6 Å². The fourth-order valence-electron chi connectivity index (χ4n) is 2.50. The molecule has 2 N–H and O–H groups in total. The summed E-state index contributed by atoms with van der Waals surface area (Å²) in [4.78, 5) is 16.1. The highest BCUT2D eigenvalue weighted by Crippen LogP contribution is 2.22. The van der Waals surface area contributed by atoms with E-state index in [2.05, 4.69) is 15.6 Å². The maximum atomic E-state index is 12.0. The fourth-order valence-corrected chi connectivity index (χ4v) is 2.63. The molecule has 1 aromatic carbocycles. The van der Waals surface area contributed by atoms with E-state index in [1.165, 1.54) is 0 Å². The van der Waals surface area contributed by atoms with Crippen molar-refractivity contribution in [2.75, 3.05) is 11.9 Å². The zero-order valence-electron chi connectivity index (χ0n) is 13.4. The summed E-state index contributed by atoms with van der Waals surface area (Å²) >= 11 is 5.83. The molecule has 1 unspecified atom stereocenters. The molecule has 0 radical (unpaired) electrons. The number of anilines is 1. The average molecular weight is 405 g/mol. The van der Waals surface area contributed by atoms with Gasteiger partial charge in [-0.25, -0.2) is 4.98 Å². The average Bonchev–Trinajstić information content (AvgIpc) is 3.04. The Labute approximate surface area is 164 Å². The third-order valence-corrected chi connectivity index (χ3v) is 3.90. The summed E-state index contributed by atoms with van der Waals surface area (Å²) in [6, 6.07) is 10.8. The molecule has 1 aliphatic rings. The second-order valence-electron chi connectivity index (χ2n) is 5.49. The van der Waals surface area contributed by atoms with E-state index in [-0.39, 0.29) is 36.8 Å². The second-order valence-corrected chi connectivity index (χ2v) is 5.92. The number of rotatable bonds is 5. The Kier molecular flexibility index (Phi) is 9.00. The smallest absolute Gasteiger partial charge is 0.225 e. The van der Waals surface area contributed by atoms with E-state index in [1.807, 2.05) is 0 Å². The normalized spacial score (nSPS) is 15.6. The van der Waals surface area contributed by atoms with E-state index in [1.54, 1.807) is 42.6 Å². The minimum absolute atomic E-state index is 0. The number of carbonyl (C=O) groups is 1. The molecule has 3 rings (SSSR count). The van der Waals surface area contributed by atoms with Gasteiger partial charge in [-0.1, -0.05) is 11.6 Å². The van der Waals surface area contributed by atoms with Crippen LogP contribution in [0.15, 0.2) is 42.6 Å². The maximum absolute atomic E-state index is 12.0. The van der Waals surface area contributed by atoms with E-state index >= 15 is 0 Å². The molecule has 0 spiro atoms. The van der Waals surface area contributed by atoms with Crippen molar-refractivity contribution in [1.29, 1.82) is 0 Å². The molecule has 2 aromatic rings. The number of amides is 1. The van der Waals surface area contributed by atoms with Gasteiger partial charge < -0.3 is 15.4 Å². The fraction of sp³-hybridized carbons (Fsp3) is 0.294. The standard InChI is InChI=1S/C17H18ClN3O2.2ClH/c18-12-3-6-15(7-4-12)23-17-8-5-14(11-20-17)21-16(22)10-13-2-1-9-19-13;;/h3-8,11,13,19H,1-2,9-10H2,(H,21,22);2*1H. The highest BCUT2D eigenvalue weighted by Gasteiger charge is 2.17. The van der Waals surface area contributed by atoms with Crippen LogP contribution in [0.4, 0.5) is 5.69 Å². The van der Waals surface area contributed by atoms with Crippen molar-refractivity contribution in [1.82, 2.24) is 10.3 Å². The minimum atomic E-state index is -0.00225. The van der Waals surface area contributed by atoms with Crippen LogP contribution in [-0.2, 0) is 4.79 Å². The Morgan fingerprint density at radius 3 is 2.60 bits per heavy atom. The molecule has 1 amide bonds. The third-order valence-electron chi connectivity index (χ3n) is 3.65. The first-order valence-corrected chi connectivity index (χ1v) is 7.99. The lowest BCUT2D eigenvalue weighted by Crippen LogP contribution is -2.27. The lowest BCUT2D eigenvalue weighted by molar-refractivity contribution is -0.116. The molecule has 1 aromatic heterocycles. The number of hydrogen-bond donors (Lipinski definition) is 2. The van der Waals surface area contributed by atoms with E-state index in [4.69, 9.17) is 16.3 Å². The van der Waals surface area contributed by atoms with Crippen LogP contribution in [-0.4, -0.2) is 23.5 Å². The van der Waals surface area contributed by atoms with Gasteiger partial charge in [0.15, 0.2) is 0 Å². The predicted molar refractivity (Wildman–Crippen MR) is 105 cm³/mol. The predicted octanol–water partition coefficient (Wildman–Crippen LogP) is 4.45. The van der Waals surface area contributed by atoms with Crippen molar-refractivity contribution in [2.45, 2.75) is 25.3 Å². The quantitative estimate of drug-likeness (QED) is 0.772. The first-order valence-electron chi connectivity index (χ1n) is 7.62. The zero-order valence-corrected chi connectivity index (χ0v) is 15.8. The van der Waals surface area contributed by atoms with Crippen molar-refractivity contribution >= 4 is 48.0 Å². The van der Waals surface area contributed by atoms with Crippen molar-refractivity contribution in [3.63, 3.8) is 0 Å². The van der Waals surface area contributed by atoms with Crippen LogP contribution in [0.3, 0.4) is 0 Å². The molecule has 0 bridgehead atoms. The van der Waals surface area contributed by atoms with E-state index in [0.29, 0.717) is 28.8 Å². The van der Waals surface area contributed by atoms with Gasteiger partial charge in [0.25, 0.3) is 0 Å². The molecule has 2 heterocycles. The van der Waals surface area contributed by atoms with Gasteiger partial charge >= 0.3 is 0 Å². The van der Waals surface area contributed by atoms with Gasteiger partial charge in [0.05, 0.1) is 11.9 Å². The van der Waals surface area contributed by atoms with E-state index < -0.39 is 0 Å². The summed E-state index contributed by atoms with van der Waals surface area (Å²) in [5.74, 6) is 1.12. The molecule has 25 heavy (non-hydrogen) atoms. The summed E-state index contributed by atoms with van der Waals surface area (Å²) in [7, 11) is 0. The number of nitrogens with one attached hydrogen (secondary N) is 2. The van der Waals surface area contributed by atoms with Gasteiger partial charge in [0.2, 0.25) is 11.8 Å². The molecule has 1 aliphatic heterocycles. The minimum Gasteiger partial charge on any atom is -0.439 e. The number of ether oxygens (including phenoxy) is 1. The highest BCUT2D eigenvalue weighted by atomic mass is 35.5. The number of halogens is 3. The third kappa shape index (κ3) is 6.71. The lowest BCUT2D eigenvalue weighted by atomic mass is 10.1. The number of carbonyl (C=O) groups excluding carboxylic acids is 1. The summed E-state index contributed by atoms with van der Waals surface area (Å²) in [6.45, 7) is 0.996. The van der Waals surface area contributed by atoms with Crippen molar-refractivity contribution in [3.05, 3.63) is 47.6 Å². The van der Waals surface area contributed by atoms with Crippen LogP contribution >= 0.6 is 36.4 Å². The largest absolute Gasteiger partial charge is 0.439 e. The molecule has 8 heteroatoms. The first kappa shape index (κ1) is 21.5. The lowest BCUT2D eigenvalue weighted by Gasteiger charge is -2.10. The molecular formula is C17H20Cl3N3O2. The van der Waals surface area contributed by atoms with E-state index in [0.717, 1.165) is 19.4 Å². The van der Waals surface area contributed by atoms with E-state index in [9.17, 15) is 4.79 Å². The summed E-state index contributed by atoms with van der Waals surface area (Å²) in [6.07, 6.45) is 4.27. The van der Waals surface area contributed by atoms with Gasteiger partial charge in [-0.05, 0) is 49.7 Å². The number of pyridine rings is 1. The topological polar surface area (TPSA) is 63.2 Å². The van der Waals surface area contributed by atoms with Crippen LogP contribution in [0, 0.1) is 0 Å². The Hall–Kier alpha value is -1.53. The van der Waals surface area contributed by atoms with Crippen molar-refractivity contribution in [3.8, 4) is 11.6 Å². The van der Waals surface area contributed by atoms with Gasteiger partial charge in [0, 0.05) is 23.6 Å². The highest BCUT2D eigenvalue weighted by molar-refractivity contribution is 6.30. The maximum Gasteiger partial charge on any atom is 0.225 e. The number of nitrogens with zero attached hydrogens (tertiary/aromatic N) is 1. The SMILES string of the molecule is Cl.Cl.O=C(CC1CCCN1)Nc1ccc(Oc2ccc(Cl)cc2)nc1. The number of aromatic nitrogens is 1. The molecule has 1 saturated heterocycles. The molecule has 0 saturated carbocycles. The molecular weight excluding hydrogens is 385 g/mol. The molecule has 1 atom stereocenters. The van der Waals surface area contributed by atoms with Crippen molar-refractivity contribution in [2.24, 2.45) is 0 Å². The van der Waals surface area contributed by atoms with Gasteiger partial charge in [-0.3, -0.25) is 4.79 Å². The molecule has 0 aliphatic carbocycles. The summed E-state index contributed by atoms with van der Waals surface area (Å²) in [5, 5.41) is 6.81. The van der Waals surface area contributed by atoms with Gasteiger partial charge in [0.1, 0.15) is 5.75 Å². The summed E-state index contributed by atoms with van der Waals surface area (Å²) in [5.41, 5.74) is 0.663. The van der Waals surface area contributed by atoms with Gasteiger partial charge in [-0.2, -0.15) is 0 Å². The number of hydrogen-bond acceptors (Lipinski definition) is 4. The Morgan fingerprint density at radius 2 is 2.00 bits per heavy atom. The Bertz CT molecular complexity index is 660.